The Morgan fingerprint density at radius 3 is 2.43 bits per heavy atom. The van der Waals surface area contributed by atoms with E-state index in [0.717, 1.165) is 11.3 Å². The molecule has 1 fully saturated rings. The summed E-state index contributed by atoms with van der Waals surface area (Å²) in [6.45, 7) is 0.762. The molecular formula is C26H24N2O6S. The van der Waals surface area contributed by atoms with Gasteiger partial charge in [-0.1, -0.05) is 12.1 Å². The number of hydrogen-bond acceptors (Lipinski definition) is 8. The molecule has 0 aliphatic carbocycles. The van der Waals surface area contributed by atoms with Gasteiger partial charge in [-0.3, -0.25) is 9.69 Å². The van der Waals surface area contributed by atoms with Crippen molar-refractivity contribution in [2.45, 2.75) is 0 Å². The summed E-state index contributed by atoms with van der Waals surface area (Å²) in [7, 11) is 4.54. The van der Waals surface area contributed by atoms with Crippen LogP contribution in [0.15, 0.2) is 75.0 Å². The fraction of sp³-hybridized carbons (Fsp3) is 0.192. The SMILES string of the molecule is COCCN1C(=O)/C(=C/c2ccc(-c3ccc(C(=O)OC)cc3)o2)SC1=Nc1ccc(OC)cc1. The van der Waals surface area contributed by atoms with Crippen molar-refractivity contribution in [3.8, 4) is 17.1 Å². The minimum atomic E-state index is -0.400. The Morgan fingerprint density at radius 2 is 1.77 bits per heavy atom. The summed E-state index contributed by atoms with van der Waals surface area (Å²) in [4.78, 5) is 31.5. The first-order chi connectivity index (χ1) is 17.0. The third kappa shape index (κ3) is 5.64. The Bertz CT molecular complexity index is 1260. The highest BCUT2D eigenvalue weighted by Crippen LogP contribution is 2.35. The number of carbonyl (C=O) groups excluding carboxylic acids is 2. The van der Waals surface area contributed by atoms with Gasteiger partial charge in [0.05, 0.1) is 43.5 Å². The first-order valence-electron chi connectivity index (χ1n) is 10.7. The summed E-state index contributed by atoms with van der Waals surface area (Å²) in [5, 5.41) is 0.564. The summed E-state index contributed by atoms with van der Waals surface area (Å²) >= 11 is 1.28. The monoisotopic (exact) mass is 492 g/mol. The summed E-state index contributed by atoms with van der Waals surface area (Å²) in [6, 6.07) is 17.8. The molecule has 0 N–H and O–H groups in total. The van der Waals surface area contributed by atoms with Crippen LogP contribution < -0.4 is 4.74 Å². The molecule has 180 valence electrons. The van der Waals surface area contributed by atoms with Crippen molar-refractivity contribution in [2.24, 2.45) is 4.99 Å². The zero-order chi connectivity index (χ0) is 24.8. The molecule has 0 unspecified atom stereocenters. The first-order valence-corrected chi connectivity index (χ1v) is 11.6. The maximum Gasteiger partial charge on any atom is 0.337 e. The van der Waals surface area contributed by atoms with Gasteiger partial charge in [0.1, 0.15) is 17.3 Å². The second-order valence-corrected chi connectivity index (χ2v) is 8.43. The molecule has 1 aromatic heterocycles. The van der Waals surface area contributed by atoms with Crippen LogP contribution in [0.1, 0.15) is 16.1 Å². The van der Waals surface area contributed by atoms with Crippen LogP contribution in [0.4, 0.5) is 5.69 Å². The molecular weight excluding hydrogens is 468 g/mol. The average molecular weight is 493 g/mol. The number of methoxy groups -OCH3 is 3. The van der Waals surface area contributed by atoms with Crippen molar-refractivity contribution in [3.63, 3.8) is 0 Å². The summed E-state index contributed by atoms with van der Waals surface area (Å²) in [5.74, 6) is 1.31. The Kier molecular flexibility index (Phi) is 7.69. The standard InChI is InChI=1S/C26H24N2O6S/c1-31-15-14-28-24(29)23(35-26(28)27-19-8-10-20(32-2)11-9-19)16-21-12-13-22(34-21)17-4-6-18(7-5-17)25(30)33-3/h4-13,16H,14-15H2,1-3H3/b23-16-,27-26?. The van der Waals surface area contributed by atoms with Crippen molar-refractivity contribution < 1.29 is 28.2 Å². The van der Waals surface area contributed by atoms with E-state index in [1.54, 1.807) is 55.5 Å². The molecule has 2 aromatic carbocycles. The molecule has 1 aliphatic heterocycles. The lowest BCUT2D eigenvalue weighted by Crippen LogP contribution is -2.32. The highest BCUT2D eigenvalue weighted by molar-refractivity contribution is 8.18. The average Bonchev–Trinajstić information content (AvgIpc) is 3.47. The predicted octanol–water partition coefficient (Wildman–Crippen LogP) is 4.99. The van der Waals surface area contributed by atoms with Crippen molar-refractivity contribution in [1.82, 2.24) is 4.90 Å². The molecule has 4 rings (SSSR count). The van der Waals surface area contributed by atoms with Crippen LogP contribution in [0.25, 0.3) is 17.4 Å². The van der Waals surface area contributed by atoms with Gasteiger partial charge in [0.2, 0.25) is 0 Å². The van der Waals surface area contributed by atoms with Crippen molar-refractivity contribution in [1.29, 1.82) is 0 Å². The van der Waals surface area contributed by atoms with Crippen molar-refractivity contribution in [2.75, 3.05) is 34.5 Å². The van der Waals surface area contributed by atoms with E-state index in [4.69, 9.17) is 18.6 Å². The van der Waals surface area contributed by atoms with Crippen LogP contribution in [0, 0.1) is 0 Å². The molecule has 1 amide bonds. The molecule has 1 saturated heterocycles. The number of thioether (sulfide) groups is 1. The fourth-order valence-electron chi connectivity index (χ4n) is 3.34. The van der Waals surface area contributed by atoms with Gasteiger partial charge in [0, 0.05) is 18.7 Å². The number of aliphatic imine (C=N–C) groups is 1. The lowest BCUT2D eigenvalue weighted by molar-refractivity contribution is -0.122. The molecule has 0 atom stereocenters. The summed E-state index contributed by atoms with van der Waals surface area (Å²) < 4.78 is 21.0. The van der Waals surface area contributed by atoms with Crippen molar-refractivity contribution >= 4 is 40.6 Å². The van der Waals surface area contributed by atoms with Gasteiger partial charge < -0.3 is 18.6 Å². The molecule has 0 spiro atoms. The Morgan fingerprint density at radius 1 is 1.03 bits per heavy atom. The lowest BCUT2D eigenvalue weighted by atomic mass is 10.1. The van der Waals surface area contributed by atoms with Crippen LogP contribution in [-0.4, -0.2) is 56.4 Å². The molecule has 9 heteroatoms. The molecule has 0 bridgehead atoms. The molecule has 1 aliphatic rings. The number of amidine groups is 1. The zero-order valence-corrected chi connectivity index (χ0v) is 20.3. The summed E-state index contributed by atoms with van der Waals surface area (Å²) in [5.41, 5.74) is 1.97. The zero-order valence-electron chi connectivity index (χ0n) is 19.5. The largest absolute Gasteiger partial charge is 0.497 e. The topological polar surface area (TPSA) is 90.6 Å². The van der Waals surface area contributed by atoms with E-state index >= 15 is 0 Å². The number of ether oxygens (including phenoxy) is 3. The van der Waals surface area contributed by atoms with Gasteiger partial charge in [0.25, 0.3) is 5.91 Å². The molecule has 35 heavy (non-hydrogen) atoms. The van der Waals surface area contributed by atoms with E-state index in [2.05, 4.69) is 4.99 Å². The van der Waals surface area contributed by atoms with Gasteiger partial charge in [-0.25, -0.2) is 9.79 Å². The highest BCUT2D eigenvalue weighted by atomic mass is 32.2. The number of esters is 1. The van der Waals surface area contributed by atoms with E-state index in [1.807, 2.05) is 30.3 Å². The highest BCUT2D eigenvalue weighted by Gasteiger charge is 2.33. The van der Waals surface area contributed by atoms with Crippen LogP contribution in [0.3, 0.4) is 0 Å². The number of carbonyl (C=O) groups is 2. The number of amides is 1. The maximum absolute atomic E-state index is 13.1. The van der Waals surface area contributed by atoms with Gasteiger partial charge >= 0.3 is 5.97 Å². The maximum atomic E-state index is 13.1. The number of benzene rings is 2. The fourth-order valence-corrected chi connectivity index (χ4v) is 4.35. The van der Waals surface area contributed by atoms with Gasteiger partial charge in [-0.2, -0.15) is 0 Å². The summed E-state index contributed by atoms with van der Waals surface area (Å²) in [6.07, 6.45) is 1.70. The van der Waals surface area contributed by atoms with Crippen LogP contribution in [0.5, 0.6) is 5.75 Å². The van der Waals surface area contributed by atoms with Crippen LogP contribution >= 0.6 is 11.8 Å². The number of rotatable bonds is 8. The first kappa shape index (κ1) is 24.3. The molecule has 8 nitrogen and oxygen atoms in total. The third-order valence-electron chi connectivity index (χ3n) is 5.19. The smallest absolute Gasteiger partial charge is 0.337 e. The van der Waals surface area contributed by atoms with E-state index < -0.39 is 5.97 Å². The van der Waals surface area contributed by atoms with Crippen molar-refractivity contribution in [3.05, 3.63) is 76.9 Å². The van der Waals surface area contributed by atoms with Gasteiger partial charge in [0.15, 0.2) is 5.17 Å². The minimum absolute atomic E-state index is 0.167. The Labute approximate surface area is 207 Å². The third-order valence-corrected chi connectivity index (χ3v) is 6.20. The minimum Gasteiger partial charge on any atom is -0.497 e. The number of furan rings is 1. The number of nitrogens with zero attached hydrogens (tertiary/aromatic N) is 2. The predicted molar refractivity (Wildman–Crippen MR) is 135 cm³/mol. The number of hydrogen-bond donors (Lipinski definition) is 0. The quantitative estimate of drug-likeness (QED) is 0.323. The molecule has 0 saturated carbocycles. The van der Waals surface area contributed by atoms with Gasteiger partial charge in [-0.05, 0) is 60.3 Å². The van der Waals surface area contributed by atoms with Gasteiger partial charge in [-0.15, -0.1) is 0 Å². The van der Waals surface area contributed by atoms with E-state index in [9.17, 15) is 9.59 Å². The van der Waals surface area contributed by atoms with Crippen LogP contribution in [-0.2, 0) is 14.3 Å². The molecule has 2 heterocycles. The second kappa shape index (κ2) is 11.1. The Balaban J connectivity index is 1.57. The van der Waals surface area contributed by atoms with Crippen LogP contribution in [0.2, 0.25) is 0 Å². The molecule has 3 aromatic rings. The molecule has 0 radical (unpaired) electrons. The second-order valence-electron chi connectivity index (χ2n) is 7.42. The van der Waals surface area contributed by atoms with E-state index in [1.165, 1.54) is 18.9 Å². The Hall–Kier alpha value is -3.82. The van der Waals surface area contributed by atoms with E-state index in [0.29, 0.717) is 46.0 Å². The van der Waals surface area contributed by atoms with E-state index in [-0.39, 0.29) is 5.91 Å². The normalized spacial score (nSPS) is 15.7. The lowest BCUT2D eigenvalue weighted by Gasteiger charge is -2.14.